The van der Waals surface area contributed by atoms with Crippen molar-refractivity contribution < 1.29 is 163 Å². The van der Waals surface area contributed by atoms with E-state index in [1.54, 1.807) is 14.2 Å². The van der Waals surface area contributed by atoms with Crippen LogP contribution in [0.4, 0.5) is 149 Å². The van der Waals surface area contributed by atoms with E-state index in [0.29, 0.717) is 0 Å². The Bertz CT molecular complexity index is 1390. The molecule has 0 bridgehead atoms. The number of ether oxygens (including phenoxy) is 3. The van der Waals surface area contributed by atoms with Gasteiger partial charge in [-0.25, -0.2) is 0 Å². The molecular formula is C18F34O3. The largest absolute Gasteiger partial charge is 0.460 e. The van der Waals surface area contributed by atoms with Crippen LogP contribution in [0.15, 0.2) is 0 Å². The second kappa shape index (κ2) is 11.2. The first-order chi connectivity index (χ1) is 23.1. The van der Waals surface area contributed by atoms with E-state index in [9.17, 15) is 149 Å². The minimum absolute atomic E-state index is 1.69. The molecule has 2 aliphatic heterocycles. The molecule has 2 saturated heterocycles. The van der Waals surface area contributed by atoms with Crippen LogP contribution in [0.1, 0.15) is 0 Å². The molecule has 2 fully saturated rings. The predicted molar refractivity (Wildman–Crippen MR) is 90.1 cm³/mol. The Morgan fingerprint density at radius 3 is 0.600 bits per heavy atom. The maximum Gasteiger partial charge on any atom is 0.460 e. The van der Waals surface area contributed by atoms with E-state index >= 15 is 0 Å². The summed E-state index contributed by atoms with van der Waals surface area (Å²) in [5, 5.41) is 0. The first kappa shape index (κ1) is 48.6. The number of halogens is 34. The summed E-state index contributed by atoms with van der Waals surface area (Å²) in [5.41, 5.74) is 0. The molecule has 0 spiro atoms. The number of alkyl halides is 34. The summed E-state index contributed by atoms with van der Waals surface area (Å²) in [6, 6.07) is 0. The molecule has 2 heterocycles. The molecule has 2 rings (SSSR count). The molecule has 0 aromatic rings. The fourth-order valence-corrected chi connectivity index (χ4v) is 3.82. The van der Waals surface area contributed by atoms with Gasteiger partial charge in [0.25, 0.3) is 0 Å². The minimum Gasteiger partial charge on any atom is -0.296 e. The third kappa shape index (κ3) is 5.22. The number of hydrogen-bond acceptors (Lipinski definition) is 3. The van der Waals surface area contributed by atoms with Crippen molar-refractivity contribution in [3.63, 3.8) is 0 Å². The van der Waals surface area contributed by atoms with Crippen molar-refractivity contribution in [1.29, 1.82) is 0 Å². The summed E-state index contributed by atoms with van der Waals surface area (Å²) in [5.74, 6) is -127. The van der Waals surface area contributed by atoms with E-state index in [-0.39, 0.29) is 0 Å². The van der Waals surface area contributed by atoms with Crippen LogP contribution in [0.2, 0.25) is 0 Å². The zero-order chi connectivity index (χ0) is 45.1. The summed E-state index contributed by atoms with van der Waals surface area (Å²) >= 11 is 0. The maximum atomic E-state index is 14.8. The van der Waals surface area contributed by atoms with Gasteiger partial charge in [-0.15, -0.1) is 0 Å². The Balaban J connectivity index is 3.13. The smallest absolute Gasteiger partial charge is 0.296 e. The van der Waals surface area contributed by atoms with Crippen LogP contribution < -0.4 is 0 Å². The molecule has 2 aliphatic rings. The molecular weight excluding hydrogens is 910 g/mol. The molecule has 0 aromatic carbocycles. The van der Waals surface area contributed by atoms with Gasteiger partial charge in [0.15, 0.2) is 0 Å². The molecule has 0 radical (unpaired) electrons. The van der Waals surface area contributed by atoms with Crippen LogP contribution in [-0.4, -0.2) is 107 Å². The summed E-state index contributed by atoms with van der Waals surface area (Å²) in [4.78, 5) is 0. The summed E-state index contributed by atoms with van der Waals surface area (Å²) in [6.07, 6.45) is -33.4. The first-order valence-corrected chi connectivity index (χ1v) is 11.7. The molecule has 0 aliphatic carbocycles. The SMILES string of the molecule is FC(F)(F)C(F)(F)C(F)(F)C(F)(F)C(F)(F)C(F)(F)C1(OC2(C(F)(F)C(F)(F)C(F)(F)C(F)(F)C(F)(F)C(F)(F)F)OC2(F)C(F)(F)F)OC1(F)C(F)(F)F. The van der Waals surface area contributed by atoms with Crippen molar-refractivity contribution in [1.82, 2.24) is 0 Å². The highest BCUT2D eigenvalue weighted by Gasteiger charge is 3.10. The van der Waals surface area contributed by atoms with Gasteiger partial charge in [0.2, 0.25) is 0 Å². The van der Waals surface area contributed by atoms with Gasteiger partial charge in [0.05, 0.1) is 0 Å². The molecule has 37 heteroatoms. The second-order valence-corrected chi connectivity index (χ2v) is 10.5. The monoisotopic (exact) mass is 910 g/mol. The average molecular weight is 910 g/mol. The fraction of sp³-hybridized carbons (Fsp3) is 1.00. The third-order valence-corrected chi connectivity index (χ3v) is 7.04. The molecule has 4 unspecified atom stereocenters. The Labute approximate surface area is 272 Å². The normalized spacial score (nSPS) is 29.1. The Morgan fingerprint density at radius 1 is 0.273 bits per heavy atom. The van der Waals surface area contributed by atoms with E-state index in [1.165, 1.54) is 0 Å². The van der Waals surface area contributed by atoms with Crippen molar-refractivity contribution in [2.24, 2.45) is 0 Å². The van der Waals surface area contributed by atoms with Gasteiger partial charge in [0.1, 0.15) is 0 Å². The average Bonchev–Trinajstić information content (AvgIpc) is 3.77. The van der Waals surface area contributed by atoms with Crippen LogP contribution in [-0.2, 0) is 14.2 Å². The quantitative estimate of drug-likeness (QED) is 0.145. The van der Waals surface area contributed by atoms with E-state index in [0.717, 1.165) is 0 Å². The van der Waals surface area contributed by atoms with Gasteiger partial charge < -0.3 is 0 Å². The topological polar surface area (TPSA) is 34.3 Å². The van der Waals surface area contributed by atoms with Crippen molar-refractivity contribution >= 4 is 0 Å². The molecule has 0 saturated carbocycles. The van der Waals surface area contributed by atoms with E-state index in [4.69, 9.17) is 0 Å². The van der Waals surface area contributed by atoms with Crippen molar-refractivity contribution in [3.8, 4) is 0 Å². The summed E-state index contributed by atoms with van der Waals surface area (Å²) in [7, 11) is 0. The van der Waals surface area contributed by atoms with Gasteiger partial charge in [-0.2, -0.15) is 149 Å². The first-order valence-electron chi connectivity index (χ1n) is 11.7. The highest BCUT2D eigenvalue weighted by atomic mass is 19.5. The number of epoxide rings is 2. The highest BCUT2D eigenvalue weighted by molar-refractivity contribution is 5.29. The predicted octanol–water partition coefficient (Wildman–Crippen LogP) is 10.4. The lowest BCUT2D eigenvalue weighted by atomic mass is 9.88. The van der Waals surface area contributed by atoms with Gasteiger partial charge in [0, 0.05) is 0 Å². The zero-order valence-electron chi connectivity index (χ0n) is 23.1. The zero-order valence-corrected chi connectivity index (χ0v) is 23.1. The van der Waals surface area contributed by atoms with Crippen molar-refractivity contribution in [3.05, 3.63) is 0 Å². The fourth-order valence-electron chi connectivity index (χ4n) is 3.82. The van der Waals surface area contributed by atoms with Gasteiger partial charge in [-0.3, -0.25) is 14.2 Å². The molecule has 0 aromatic heterocycles. The maximum absolute atomic E-state index is 14.8. The lowest BCUT2D eigenvalue weighted by Crippen LogP contribution is -2.75. The lowest BCUT2D eigenvalue weighted by molar-refractivity contribution is -0.468. The van der Waals surface area contributed by atoms with Crippen molar-refractivity contribution in [2.75, 3.05) is 0 Å². The molecule has 3 nitrogen and oxygen atoms in total. The highest BCUT2D eigenvalue weighted by Crippen LogP contribution is 2.78. The van der Waals surface area contributed by atoms with Crippen LogP contribution in [0.5, 0.6) is 0 Å². The van der Waals surface area contributed by atoms with Gasteiger partial charge in [-0.05, 0) is 0 Å². The molecule has 4 atom stereocenters. The molecule has 0 amide bonds. The van der Waals surface area contributed by atoms with E-state index < -0.39 is 107 Å². The lowest BCUT2D eigenvalue weighted by Gasteiger charge is -2.43. The van der Waals surface area contributed by atoms with Crippen LogP contribution >= 0.6 is 0 Å². The Kier molecular flexibility index (Phi) is 9.87. The molecule has 55 heavy (non-hydrogen) atoms. The van der Waals surface area contributed by atoms with Gasteiger partial charge >= 0.3 is 107 Å². The standard InChI is InChI=1S/C18F34O3/c19-1(20,5(27,28)9(35,36)15(41,42)43)3(23,24)7(31,32)13(11(39,53-13)17(47,48)49)55-14(12(40,54-14)18(50,51)52)8(33,34)4(25,26)2(21,22)6(29,30)10(37,38)16(44,45)46. The third-order valence-electron chi connectivity index (χ3n) is 7.04. The summed E-state index contributed by atoms with van der Waals surface area (Å²) in [6.45, 7) is 0. The number of hydrogen-bond donors (Lipinski definition) is 0. The number of rotatable bonds is 12. The molecule has 0 N–H and O–H groups in total. The molecule has 328 valence electrons. The van der Waals surface area contributed by atoms with Crippen LogP contribution in [0.3, 0.4) is 0 Å². The Morgan fingerprint density at radius 2 is 0.455 bits per heavy atom. The minimum atomic E-state index is -9.74. The van der Waals surface area contributed by atoms with E-state index in [1.807, 2.05) is 0 Å². The van der Waals surface area contributed by atoms with Crippen LogP contribution in [0, 0.1) is 0 Å². The van der Waals surface area contributed by atoms with Crippen molar-refractivity contribution in [2.45, 2.75) is 107 Å². The van der Waals surface area contributed by atoms with Gasteiger partial charge in [-0.1, -0.05) is 0 Å². The second-order valence-electron chi connectivity index (χ2n) is 10.5. The van der Waals surface area contributed by atoms with Crippen LogP contribution in [0.25, 0.3) is 0 Å². The summed E-state index contributed by atoms with van der Waals surface area (Å²) < 4.78 is 466. The Hall–Kier alpha value is -2.50. The van der Waals surface area contributed by atoms with E-state index in [2.05, 4.69) is 0 Å².